The van der Waals surface area contributed by atoms with E-state index in [1.54, 1.807) is 6.92 Å². The normalized spacial score (nSPS) is 16.2. The molecule has 3 heteroatoms. The number of nitrogens with zero attached hydrogens (tertiary/aromatic N) is 1. The molecule has 3 nitrogen and oxygen atoms in total. The molecule has 19 heavy (non-hydrogen) atoms. The van der Waals surface area contributed by atoms with Crippen molar-refractivity contribution in [1.29, 1.82) is 0 Å². The second kappa shape index (κ2) is 8.36. The molecule has 1 unspecified atom stereocenters. The lowest BCUT2D eigenvalue weighted by Crippen LogP contribution is -2.27. The van der Waals surface area contributed by atoms with Crippen LogP contribution in [0.25, 0.3) is 0 Å². The van der Waals surface area contributed by atoms with Gasteiger partial charge in [0.05, 0.1) is 0 Å². The lowest BCUT2D eigenvalue weighted by molar-refractivity contribution is -0.132. The van der Waals surface area contributed by atoms with Crippen molar-refractivity contribution in [3.8, 4) is 0 Å². The fourth-order valence-corrected chi connectivity index (χ4v) is 2.44. The van der Waals surface area contributed by atoms with Crippen LogP contribution in [0, 0.1) is 5.41 Å². The summed E-state index contributed by atoms with van der Waals surface area (Å²) in [6, 6.07) is 0. The fourth-order valence-electron chi connectivity index (χ4n) is 2.44. The Morgan fingerprint density at radius 3 is 2.21 bits per heavy atom. The molecule has 0 aliphatic carbocycles. The zero-order valence-corrected chi connectivity index (χ0v) is 13.5. The van der Waals surface area contributed by atoms with E-state index in [1.165, 1.54) is 0 Å². The Bertz CT molecular complexity index is 321. The molecule has 0 amide bonds. The van der Waals surface area contributed by atoms with Crippen LogP contribution in [0.5, 0.6) is 0 Å². The number of carbonyl (C=O) groups is 1. The zero-order valence-electron chi connectivity index (χ0n) is 13.5. The van der Waals surface area contributed by atoms with Crippen LogP contribution in [0.4, 0.5) is 0 Å². The summed E-state index contributed by atoms with van der Waals surface area (Å²) >= 11 is 0. The van der Waals surface area contributed by atoms with Gasteiger partial charge in [-0.3, -0.25) is 0 Å². The predicted octanol–water partition coefficient (Wildman–Crippen LogP) is 3.95. The summed E-state index contributed by atoms with van der Waals surface area (Å²) in [6.45, 7) is 9.28. The second-order valence-electron chi connectivity index (χ2n) is 5.98. The van der Waals surface area contributed by atoms with Gasteiger partial charge in [-0.25, -0.2) is 4.79 Å². The van der Waals surface area contributed by atoms with E-state index in [2.05, 4.69) is 39.8 Å². The lowest BCUT2D eigenvalue weighted by Gasteiger charge is -2.34. The van der Waals surface area contributed by atoms with Crippen molar-refractivity contribution < 1.29 is 9.90 Å². The van der Waals surface area contributed by atoms with Crippen LogP contribution in [0.1, 0.15) is 59.8 Å². The quantitative estimate of drug-likeness (QED) is 0.644. The molecule has 0 spiro atoms. The molecule has 0 aromatic carbocycles. The Morgan fingerprint density at radius 1 is 1.26 bits per heavy atom. The second-order valence-corrected chi connectivity index (χ2v) is 5.98. The molecule has 1 N–H and O–H groups in total. The Kier molecular flexibility index (Phi) is 8.00. The van der Waals surface area contributed by atoms with Crippen molar-refractivity contribution in [3.05, 3.63) is 11.1 Å². The highest BCUT2D eigenvalue weighted by Crippen LogP contribution is 2.39. The standard InChI is InChI=1S/C16H31NO2/c1-7-9-10-14(13(3)15(18)19)16(4,8-2)11-12-17(5)6/h7-12H2,1-6H3,(H,18,19). The minimum atomic E-state index is -0.768. The molecule has 0 radical (unpaired) electrons. The largest absolute Gasteiger partial charge is 0.478 e. The number of rotatable bonds is 9. The van der Waals surface area contributed by atoms with Gasteiger partial charge in [0.2, 0.25) is 0 Å². The minimum Gasteiger partial charge on any atom is -0.478 e. The topological polar surface area (TPSA) is 40.5 Å². The number of hydrogen-bond acceptors (Lipinski definition) is 2. The van der Waals surface area contributed by atoms with Gasteiger partial charge in [-0.2, -0.15) is 0 Å². The van der Waals surface area contributed by atoms with Crippen LogP contribution in [-0.2, 0) is 4.79 Å². The monoisotopic (exact) mass is 269 g/mol. The van der Waals surface area contributed by atoms with Gasteiger partial charge in [0.25, 0.3) is 0 Å². The maximum atomic E-state index is 11.3. The number of allylic oxidation sites excluding steroid dienone is 1. The van der Waals surface area contributed by atoms with Crippen LogP contribution in [0.2, 0.25) is 0 Å². The van der Waals surface area contributed by atoms with E-state index < -0.39 is 5.97 Å². The van der Waals surface area contributed by atoms with Gasteiger partial charge >= 0.3 is 5.97 Å². The lowest BCUT2D eigenvalue weighted by atomic mass is 9.73. The highest BCUT2D eigenvalue weighted by atomic mass is 16.4. The third kappa shape index (κ3) is 5.77. The van der Waals surface area contributed by atoms with E-state index >= 15 is 0 Å². The molecule has 0 rings (SSSR count). The van der Waals surface area contributed by atoms with Crippen molar-refractivity contribution in [2.75, 3.05) is 20.6 Å². The Morgan fingerprint density at radius 2 is 1.84 bits per heavy atom. The highest BCUT2D eigenvalue weighted by Gasteiger charge is 2.29. The third-order valence-electron chi connectivity index (χ3n) is 4.17. The van der Waals surface area contributed by atoms with Gasteiger partial charge < -0.3 is 10.0 Å². The van der Waals surface area contributed by atoms with Gasteiger partial charge in [0.15, 0.2) is 0 Å². The van der Waals surface area contributed by atoms with Gasteiger partial charge in [0.1, 0.15) is 0 Å². The number of aliphatic carboxylic acids is 1. The summed E-state index contributed by atoms with van der Waals surface area (Å²) < 4.78 is 0. The smallest absolute Gasteiger partial charge is 0.331 e. The summed E-state index contributed by atoms with van der Waals surface area (Å²) in [6.07, 6.45) is 5.08. The van der Waals surface area contributed by atoms with Crippen molar-refractivity contribution >= 4 is 5.97 Å². The number of carboxylic acids is 1. The molecule has 0 aromatic heterocycles. The average molecular weight is 269 g/mol. The van der Waals surface area contributed by atoms with E-state index in [1.807, 2.05) is 0 Å². The first-order valence-electron chi connectivity index (χ1n) is 7.36. The molecule has 0 saturated carbocycles. The third-order valence-corrected chi connectivity index (χ3v) is 4.17. The maximum Gasteiger partial charge on any atom is 0.331 e. The molecule has 1 atom stereocenters. The molecule has 112 valence electrons. The SMILES string of the molecule is CCCCC(=C(C)C(=O)O)C(C)(CC)CCN(C)C. The summed E-state index contributed by atoms with van der Waals surface area (Å²) in [5.41, 5.74) is 1.70. The predicted molar refractivity (Wildman–Crippen MR) is 81.4 cm³/mol. The fraction of sp³-hybridized carbons (Fsp3) is 0.812. The van der Waals surface area contributed by atoms with E-state index in [9.17, 15) is 9.90 Å². The van der Waals surface area contributed by atoms with Crippen molar-refractivity contribution in [1.82, 2.24) is 4.90 Å². The Balaban J connectivity index is 5.27. The molecule has 0 aliphatic rings. The zero-order chi connectivity index (χ0) is 15.1. The van der Waals surface area contributed by atoms with Gasteiger partial charge in [-0.05, 0) is 58.7 Å². The summed E-state index contributed by atoms with van der Waals surface area (Å²) in [5, 5.41) is 9.32. The first kappa shape index (κ1) is 18.2. The van der Waals surface area contributed by atoms with Crippen molar-refractivity contribution in [3.63, 3.8) is 0 Å². The van der Waals surface area contributed by atoms with E-state index in [0.717, 1.165) is 44.2 Å². The van der Waals surface area contributed by atoms with Crippen LogP contribution in [0.3, 0.4) is 0 Å². The molecular formula is C16H31NO2. The van der Waals surface area contributed by atoms with Gasteiger partial charge in [0, 0.05) is 5.57 Å². The molecule has 0 aromatic rings. The number of carboxylic acid groups (broad SMARTS) is 1. The number of unbranched alkanes of at least 4 members (excludes halogenated alkanes) is 1. The van der Waals surface area contributed by atoms with Crippen molar-refractivity contribution in [2.45, 2.75) is 59.8 Å². The summed E-state index contributed by atoms with van der Waals surface area (Å²) in [4.78, 5) is 13.5. The molecule has 0 aliphatic heterocycles. The molecule has 0 bridgehead atoms. The van der Waals surface area contributed by atoms with Crippen LogP contribution in [-0.4, -0.2) is 36.6 Å². The van der Waals surface area contributed by atoms with Gasteiger partial charge in [-0.1, -0.05) is 32.8 Å². The van der Waals surface area contributed by atoms with Crippen LogP contribution < -0.4 is 0 Å². The number of hydrogen-bond donors (Lipinski definition) is 1. The summed E-state index contributed by atoms with van der Waals surface area (Å²) in [7, 11) is 4.13. The highest BCUT2D eigenvalue weighted by molar-refractivity contribution is 5.87. The minimum absolute atomic E-state index is 0.00190. The maximum absolute atomic E-state index is 11.3. The van der Waals surface area contributed by atoms with Gasteiger partial charge in [-0.15, -0.1) is 0 Å². The molecule has 0 heterocycles. The molecular weight excluding hydrogens is 238 g/mol. The van der Waals surface area contributed by atoms with Crippen LogP contribution >= 0.6 is 0 Å². The first-order valence-corrected chi connectivity index (χ1v) is 7.36. The van der Waals surface area contributed by atoms with E-state index in [-0.39, 0.29) is 5.41 Å². The first-order chi connectivity index (χ1) is 8.78. The summed E-state index contributed by atoms with van der Waals surface area (Å²) in [5.74, 6) is -0.768. The van der Waals surface area contributed by atoms with Crippen molar-refractivity contribution in [2.24, 2.45) is 5.41 Å². The Labute approximate surface area is 118 Å². The Hall–Kier alpha value is -0.830. The van der Waals surface area contributed by atoms with E-state index in [0.29, 0.717) is 5.57 Å². The molecule has 0 saturated heterocycles. The average Bonchev–Trinajstić information content (AvgIpc) is 2.36. The molecule has 0 fully saturated rings. The van der Waals surface area contributed by atoms with E-state index in [4.69, 9.17) is 0 Å². The van der Waals surface area contributed by atoms with Crippen LogP contribution in [0.15, 0.2) is 11.1 Å².